The molecule has 3 rings (SSSR count). The fourth-order valence-electron chi connectivity index (χ4n) is 2.48. The summed E-state index contributed by atoms with van der Waals surface area (Å²) < 4.78 is 5.16. The van der Waals surface area contributed by atoms with Crippen molar-refractivity contribution in [3.63, 3.8) is 0 Å². The topological polar surface area (TPSA) is 61.0 Å². The summed E-state index contributed by atoms with van der Waals surface area (Å²) in [5.74, 6) is 1.46. The number of anilines is 1. The van der Waals surface area contributed by atoms with E-state index in [4.69, 9.17) is 10.5 Å². The average Bonchev–Trinajstić information content (AvgIpc) is 2.46. The highest BCUT2D eigenvalue weighted by atomic mass is 16.5. The third-order valence-electron chi connectivity index (χ3n) is 3.56. The molecular formula is C15H17N3O. The van der Waals surface area contributed by atoms with Crippen molar-refractivity contribution < 1.29 is 4.74 Å². The third-order valence-corrected chi connectivity index (χ3v) is 3.56. The molecule has 0 amide bonds. The molecule has 1 aromatic carbocycles. The van der Waals surface area contributed by atoms with Gasteiger partial charge >= 0.3 is 0 Å². The quantitative estimate of drug-likeness (QED) is 0.838. The first-order valence-electron chi connectivity index (χ1n) is 6.56. The lowest BCUT2D eigenvalue weighted by Crippen LogP contribution is -2.07. The molecule has 2 aromatic rings. The minimum atomic E-state index is 0.648. The van der Waals surface area contributed by atoms with Gasteiger partial charge < -0.3 is 10.5 Å². The molecule has 4 nitrogen and oxygen atoms in total. The van der Waals surface area contributed by atoms with Crippen molar-refractivity contribution >= 4 is 5.69 Å². The van der Waals surface area contributed by atoms with Crippen LogP contribution in [0.4, 0.5) is 5.69 Å². The molecule has 0 saturated heterocycles. The maximum absolute atomic E-state index is 6.05. The summed E-state index contributed by atoms with van der Waals surface area (Å²) in [4.78, 5) is 9.11. The normalized spacial score (nSPS) is 13.9. The minimum absolute atomic E-state index is 0.648. The highest BCUT2D eigenvalue weighted by Crippen LogP contribution is 2.28. The van der Waals surface area contributed by atoms with Gasteiger partial charge in [-0.15, -0.1) is 0 Å². The van der Waals surface area contributed by atoms with Crippen LogP contribution in [0.2, 0.25) is 0 Å². The number of nitrogen functional groups attached to an aromatic ring is 1. The van der Waals surface area contributed by atoms with Crippen molar-refractivity contribution in [3.8, 4) is 17.1 Å². The Labute approximate surface area is 112 Å². The second-order valence-corrected chi connectivity index (χ2v) is 4.83. The smallest absolute Gasteiger partial charge is 0.161 e. The van der Waals surface area contributed by atoms with Gasteiger partial charge in [0.1, 0.15) is 5.75 Å². The standard InChI is InChI=1S/C15H17N3O/c1-19-11-6-7-12(13(16)8-11)15-17-9-10-4-2-3-5-14(10)18-15/h6-9H,2-5,16H2,1H3. The second-order valence-electron chi connectivity index (χ2n) is 4.83. The molecule has 1 aliphatic rings. The zero-order chi connectivity index (χ0) is 13.2. The predicted molar refractivity (Wildman–Crippen MR) is 75.1 cm³/mol. The lowest BCUT2D eigenvalue weighted by Gasteiger charge is -2.15. The molecule has 0 aliphatic heterocycles. The van der Waals surface area contributed by atoms with Gasteiger partial charge in [0.15, 0.2) is 5.82 Å². The Balaban J connectivity index is 2.02. The summed E-state index contributed by atoms with van der Waals surface area (Å²) in [7, 11) is 1.63. The Bertz CT molecular complexity index is 610. The van der Waals surface area contributed by atoms with Crippen LogP contribution in [0.3, 0.4) is 0 Å². The fourth-order valence-corrected chi connectivity index (χ4v) is 2.48. The minimum Gasteiger partial charge on any atom is -0.497 e. The van der Waals surface area contributed by atoms with Crippen molar-refractivity contribution in [1.29, 1.82) is 0 Å². The molecule has 4 heteroatoms. The Hall–Kier alpha value is -2.10. The lowest BCUT2D eigenvalue weighted by molar-refractivity contribution is 0.415. The van der Waals surface area contributed by atoms with E-state index in [2.05, 4.69) is 9.97 Å². The summed E-state index contributed by atoms with van der Waals surface area (Å²) >= 11 is 0. The second kappa shape index (κ2) is 4.88. The number of rotatable bonds is 2. The van der Waals surface area contributed by atoms with Crippen LogP contribution in [-0.4, -0.2) is 17.1 Å². The first kappa shape index (κ1) is 12.0. The van der Waals surface area contributed by atoms with Crippen LogP contribution >= 0.6 is 0 Å². The number of nitrogens with two attached hydrogens (primary N) is 1. The summed E-state index contributed by atoms with van der Waals surface area (Å²) in [5, 5.41) is 0. The van der Waals surface area contributed by atoms with Gasteiger partial charge in [0.05, 0.1) is 7.11 Å². The maximum atomic E-state index is 6.05. The first-order chi connectivity index (χ1) is 9.28. The SMILES string of the molecule is COc1ccc(-c2ncc3c(n2)CCCC3)c(N)c1. The van der Waals surface area contributed by atoms with Crippen LogP contribution in [0, 0.1) is 0 Å². The molecule has 98 valence electrons. The number of aromatic nitrogens is 2. The van der Waals surface area contributed by atoms with Gasteiger partial charge in [0, 0.05) is 29.2 Å². The Morgan fingerprint density at radius 1 is 1.21 bits per heavy atom. The van der Waals surface area contributed by atoms with Gasteiger partial charge in [-0.05, 0) is 43.4 Å². The van der Waals surface area contributed by atoms with E-state index >= 15 is 0 Å². The van der Waals surface area contributed by atoms with E-state index in [9.17, 15) is 0 Å². The van der Waals surface area contributed by atoms with Crippen LogP contribution in [0.5, 0.6) is 5.75 Å². The molecule has 0 fully saturated rings. The molecule has 0 radical (unpaired) electrons. The van der Waals surface area contributed by atoms with Gasteiger partial charge in [0.25, 0.3) is 0 Å². The zero-order valence-electron chi connectivity index (χ0n) is 11.0. The molecule has 19 heavy (non-hydrogen) atoms. The van der Waals surface area contributed by atoms with Gasteiger partial charge in [-0.2, -0.15) is 0 Å². The number of hydrogen-bond donors (Lipinski definition) is 1. The van der Waals surface area contributed by atoms with E-state index < -0.39 is 0 Å². The first-order valence-corrected chi connectivity index (χ1v) is 6.56. The van der Waals surface area contributed by atoms with Gasteiger partial charge in [-0.1, -0.05) is 0 Å². The van der Waals surface area contributed by atoms with Gasteiger partial charge in [-0.25, -0.2) is 9.97 Å². The molecule has 0 unspecified atom stereocenters. The van der Waals surface area contributed by atoms with Crippen LogP contribution in [-0.2, 0) is 12.8 Å². The maximum Gasteiger partial charge on any atom is 0.161 e. The molecule has 0 bridgehead atoms. The van der Waals surface area contributed by atoms with E-state index in [-0.39, 0.29) is 0 Å². The highest BCUT2D eigenvalue weighted by Gasteiger charge is 2.14. The van der Waals surface area contributed by atoms with Gasteiger partial charge in [0.2, 0.25) is 0 Å². The number of benzene rings is 1. The van der Waals surface area contributed by atoms with Crippen LogP contribution < -0.4 is 10.5 Å². The summed E-state index contributed by atoms with van der Waals surface area (Å²) in [6.45, 7) is 0. The van der Waals surface area contributed by atoms with Crippen LogP contribution in [0.25, 0.3) is 11.4 Å². The summed E-state index contributed by atoms with van der Waals surface area (Å²) in [6.07, 6.45) is 6.52. The van der Waals surface area contributed by atoms with E-state index in [1.807, 2.05) is 18.3 Å². The number of ether oxygens (including phenoxy) is 1. The number of hydrogen-bond acceptors (Lipinski definition) is 4. The Morgan fingerprint density at radius 2 is 2.05 bits per heavy atom. The number of nitrogens with zero attached hydrogens (tertiary/aromatic N) is 2. The average molecular weight is 255 g/mol. The fraction of sp³-hybridized carbons (Fsp3) is 0.333. The van der Waals surface area contributed by atoms with Gasteiger partial charge in [-0.3, -0.25) is 0 Å². The van der Waals surface area contributed by atoms with Crippen molar-refractivity contribution in [3.05, 3.63) is 35.7 Å². The van der Waals surface area contributed by atoms with Crippen LogP contribution in [0.1, 0.15) is 24.1 Å². The molecule has 2 N–H and O–H groups in total. The molecule has 1 heterocycles. The van der Waals surface area contributed by atoms with E-state index in [1.54, 1.807) is 13.2 Å². The van der Waals surface area contributed by atoms with Crippen molar-refractivity contribution in [2.24, 2.45) is 0 Å². The van der Waals surface area contributed by atoms with Crippen LogP contribution in [0.15, 0.2) is 24.4 Å². The Morgan fingerprint density at radius 3 is 2.84 bits per heavy atom. The monoisotopic (exact) mass is 255 g/mol. The molecule has 0 atom stereocenters. The van der Waals surface area contributed by atoms with E-state index in [1.165, 1.54) is 24.1 Å². The highest BCUT2D eigenvalue weighted by molar-refractivity contribution is 5.73. The molecule has 0 saturated carbocycles. The van der Waals surface area contributed by atoms with Crippen molar-refractivity contribution in [2.75, 3.05) is 12.8 Å². The number of fused-ring (bicyclic) bond motifs is 1. The molecule has 1 aliphatic carbocycles. The molecule has 1 aromatic heterocycles. The summed E-state index contributed by atoms with van der Waals surface area (Å²) in [5.41, 5.74) is 10.0. The summed E-state index contributed by atoms with van der Waals surface area (Å²) in [6, 6.07) is 5.60. The number of aryl methyl sites for hydroxylation is 2. The third kappa shape index (κ3) is 2.26. The largest absolute Gasteiger partial charge is 0.497 e. The van der Waals surface area contributed by atoms with Crippen molar-refractivity contribution in [1.82, 2.24) is 9.97 Å². The predicted octanol–water partition coefficient (Wildman–Crippen LogP) is 2.61. The van der Waals surface area contributed by atoms with Crippen molar-refractivity contribution in [2.45, 2.75) is 25.7 Å². The zero-order valence-corrected chi connectivity index (χ0v) is 11.0. The molecule has 0 spiro atoms. The van der Waals surface area contributed by atoms with E-state index in [0.29, 0.717) is 11.5 Å². The Kier molecular flexibility index (Phi) is 3.07. The number of methoxy groups -OCH3 is 1. The molecular weight excluding hydrogens is 238 g/mol. The van der Waals surface area contributed by atoms with E-state index in [0.717, 1.165) is 24.2 Å². The lowest BCUT2D eigenvalue weighted by atomic mass is 9.97.